The van der Waals surface area contributed by atoms with E-state index in [0.29, 0.717) is 13.1 Å². The Labute approximate surface area is 197 Å². The number of carbonyl (C=O) groups excluding carboxylic acids is 2. The number of ether oxygens (including phenoxy) is 3. The third-order valence-electron chi connectivity index (χ3n) is 7.06. The molecular formula is C26H38N2O5. The van der Waals surface area contributed by atoms with Gasteiger partial charge in [-0.15, -0.1) is 0 Å². The van der Waals surface area contributed by atoms with E-state index in [9.17, 15) is 9.59 Å². The molecule has 182 valence electrons. The van der Waals surface area contributed by atoms with Crippen molar-refractivity contribution in [2.45, 2.75) is 90.8 Å². The average Bonchev–Trinajstić information content (AvgIpc) is 2.69. The summed E-state index contributed by atoms with van der Waals surface area (Å²) in [6, 6.07) is 5.72. The van der Waals surface area contributed by atoms with Crippen molar-refractivity contribution in [1.29, 1.82) is 0 Å². The van der Waals surface area contributed by atoms with Crippen LogP contribution in [0.1, 0.15) is 71.6 Å². The van der Waals surface area contributed by atoms with Crippen LogP contribution in [0.2, 0.25) is 0 Å². The second-order valence-corrected chi connectivity index (χ2v) is 11.4. The third kappa shape index (κ3) is 4.98. The molecule has 0 saturated carbocycles. The molecule has 0 radical (unpaired) electrons. The maximum Gasteiger partial charge on any atom is 0.408 e. The van der Waals surface area contributed by atoms with E-state index in [1.807, 2.05) is 4.90 Å². The molecule has 2 fully saturated rings. The lowest BCUT2D eigenvalue weighted by Gasteiger charge is -2.53. The quantitative estimate of drug-likeness (QED) is 0.712. The van der Waals surface area contributed by atoms with E-state index >= 15 is 0 Å². The van der Waals surface area contributed by atoms with Crippen LogP contribution in [0, 0.1) is 18.8 Å². The highest BCUT2D eigenvalue weighted by Gasteiger charge is 2.51. The molecule has 7 nitrogen and oxygen atoms in total. The number of rotatable bonds is 2. The van der Waals surface area contributed by atoms with Crippen LogP contribution in [0.4, 0.5) is 4.79 Å². The van der Waals surface area contributed by atoms with Gasteiger partial charge in [0.25, 0.3) is 0 Å². The number of nitrogens with one attached hydrogen (secondary N) is 1. The summed E-state index contributed by atoms with van der Waals surface area (Å²) in [5.74, 6) is 1.30. The Bertz CT molecular complexity index is 922. The Balaban J connectivity index is 1.43. The van der Waals surface area contributed by atoms with Gasteiger partial charge in [0, 0.05) is 30.5 Å². The fourth-order valence-electron chi connectivity index (χ4n) is 5.43. The molecule has 0 aliphatic carbocycles. The van der Waals surface area contributed by atoms with Crippen molar-refractivity contribution in [3.8, 4) is 5.75 Å². The Hall–Kier alpha value is -2.28. The fourth-order valence-corrected chi connectivity index (χ4v) is 5.43. The van der Waals surface area contributed by atoms with Gasteiger partial charge in [-0.3, -0.25) is 4.79 Å². The van der Waals surface area contributed by atoms with Gasteiger partial charge in [-0.2, -0.15) is 0 Å². The summed E-state index contributed by atoms with van der Waals surface area (Å²) in [6.45, 7) is 14.7. The number of hydrogen-bond donors (Lipinski definition) is 1. The minimum atomic E-state index is -0.641. The molecule has 0 bridgehead atoms. The summed E-state index contributed by atoms with van der Waals surface area (Å²) in [7, 11) is 0. The monoisotopic (exact) mass is 458 g/mol. The Morgan fingerprint density at radius 1 is 1.27 bits per heavy atom. The third-order valence-corrected chi connectivity index (χ3v) is 7.06. The van der Waals surface area contributed by atoms with Crippen LogP contribution in [0.3, 0.4) is 0 Å². The van der Waals surface area contributed by atoms with Crippen molar-refractivity contribution in [2.75, 3.05) is 13.1 Å². The van der Waals surface area contributed by atoms with E-state index in [-0.39, 0.29) is 35.6 Å². The molecule has 0 unspecified atom stereocenters. The predicted molar refractivity (Wildman–Crippen MR) is 125 cm³/mol. The molecule has 2 amide bonds. The van der Waals surface area contributed by atoms with E-state index in [4.69, 9.17) is 14.2 Å². The molecule has 3 aliphatic rings. The van der Waals surface area contributed by atoms with E-state index in [2.05, 4.69) is 44.3 Å². The van der Waals surface area contributed by atoms with Gasteiger partial charge in [0.2, 0.25) is 5.91 Å². The van der Waals surface area contributed by atoms with Crippen LogP contribution in [0.25, 0.3) is 0 Å². The first-order valence-electron chi connectivity index (χ1n) is 12.1. The summed E-state index contributed by atoms with van der Waals surface area (Å²) >= 11 is 0. The van der Waals surface area contributed by atoms with Gasteiger partial charge in [-0.1, -0.05) is 12.1 Å². The van der Waals surface area contributed by atoms with Crippen LogP contribution in [0.5, 0.6) is 5.75 Å². The van der Waals surface area contributed by atoms with E-state index in [0.717, 1.165) is 24.2 Å². The van der Waals surface area contributed by atoms with Crippen LogP contribution < -0.4 is 10.1 Å². The molecule has 5 atom stereocenters. The van der Waals surface area contributed by atoms with Crippen molar-refractivity contribution in [1.82, 2.24) is 10.2 Å². The maximum absolute atomic E-state index is 13.1. The minimum absolute atomic E-state index is 0.0145. The first-order chi connectivity index (χ1) is 15.3. The smallest absolute Gasteiger partial charge is 0.408 e. The van der Waals surface area contributed by atoms with Crippen molar-refractivity contribution in [2.24, 2.45) is 11.8 Å². The number of fused-ring (bicyclic) bond motifs is 4. The topological polar surface area (TPSA) is 77.1 Å². The minimum Gasteiger partial charge on any atom is -0.487 e. The van der Waals surface area contributed by atoms with Gasteiger partial charge in [-0.25, -0.2) is 4.79 Å². The van der Waals surface area contributed by atoms with Gasteiger partial charge in [0.15, 0.2) is 0 Å². The summed E-state index contributed by atoms with van der Waals surface area (Å²) in [5, 5.41) is 2.68. The van der Waals surface area contributed by atoms with Gasteiger partial charge in [0.05, 0.1) is 12.2 Å². The highest BCUT2D eigenvalue weighted by atomic mass is 16.6. The zero-order valence-corrected chi connectivity index (χ0v) is 20.9. The zero-order chi connectivity index (χ0) is 24.1. The molecule has 1 N–H and O–H groups in total. The molecule has 3 heterocycles. The van der Waals surface area contributed by atoms with Gasteiger partial charge >= 0.3 is 6.09 Å². The van der Waals surface area contributed by atoms with Gasteiger partial charge < -0.3 is 24.4 Å². The number of nitrogens with zero attached hydrogens (tertiary/aromatic N) is 1. The van der Waals surface area contributed by atoms with Crippen molar-refractivity contribution < 1.29 is 23.8 Å². The number of benzene rings is 1. The van der Waals surface area contributed by atoms with E-state index < -0.39 is 17.7 Å². The molecule has 3 aliphatic heterocycles. The number of alkyl carbamates (subject to hydrolysis) is 1. The standard InChI is InChI=1S/C26H38N2O5/c1-15-8-9-18-21(12-15)32-26(6,7)19-13-17-14-28(11-10-20(17)31-22(18)19)23(29)16(2)27-24(30)33-25(3,4)5/h8-9,12,16-17,19-20,22H,10-11,13-14H2,1-7H3,(H,27,30)/t16-,17+,19-,20-,22+/m0/s1. The normalized spacial score (nSPS) is 29.0. The number of piperidine rings is 1. The average molecular weight is 459 g/mol. The van der Waals surface area contributed by atoms with Crippen molar-refractivity contribution in [3.63, 3.8) is 0 Å². The molecule has 2 saturated heterocycles. The second-order valence-electron chi connectivity index (χ2n) is 11.4. The van der Waals surface area contributed by atoms with E-state index in [1.165, 1.54) is 5.56 Å². The summed E-state index contributed by atoms with van der Waals surface area (Å²) in [5.41, 5.74) is 1.36. The number of amides is 2. The fraction of sp³-hybridized carbons (Fsp3) is 0.692. The highest BCUT2D eigenvalue weighted by molar-refractivity contribution is 5.85. The highest BCUT2D eigenvalue weighted by Crippen LogP contribution is 2.53. The number of hydrogen-bond acceptors (Lipinski definition) is 5. The molecule has 7 heteroatoms. The SMILES string of the molecule is Cc1ccc2c(c1)OC(C)(C)[C@H]1C[C@@H]3CN(C(=O)[C@H](C)NC(=O)OC(C)(C)C)CC[C@@H]3O[C@H]21. The molecular weight excluding hydrogens is 420 g/mol. The zero-order valence-electron chi connectivity index (χ0n) is 20.9. The second kappa shape index (κ2) is 8.49. The number of carbonyl (C=O) groups is 2. The Kier molecular flexibility index (Phi) is 6.14. The van der Waals surface area contributed by atoms with Crippen LogP contribution in [0.15, 0.2) is 18.2 Å². The lowest BCUT2D eigenvalue weighted by molar-refractivity contribution is -0.189. The number of aryl methyl sites for hydroxylation is 1. The van der Waals surface area contributed by atoms with E-state index in [1.54, 1.807) is 27.7 Å². The lowest BCUT2D eigenvalue weighted by Crippen LogP contribution is -2.58. The molecule has 0 spiro atoms. The molecule has 4 rings (SSSR count). The molecule has 1 aromatic rings. The summed E-state index contributed by atoms with van der Waals surface area (Å²) in [4.78, 5) is 27.0. The van der Waals surface area contributed by atoms with Crippen LogP contribution in [-0.2, 0) is 14.3 Å². The van der Waals surface area contributed by atoms with Gasteiger partial charge in [-0.05, 0) is 72.9 Å². The van der Waals surface area contributed by atoms with Crippen LogP contribution >= 0.6 is 0 Å². The largest absolute Gasteiger partial charge is 0.487 e. The van der Waals surface area contributed by atoms with Crippen molar-refractivity contribution in [3.05, 3.63) is 29.3 Å². The van der Waals surface area contributed by atoms with Crippen molar-refractivity contribution >= 4 is 12.0 Å². The first-order valence-corrected chi connectivity index (χ1v) is 12.1. The Morgan fingerprint density at radius 3 is 2.70 bits per heavy atom. The van der Waals surface area contributed by atoms with Crippen LogP contribution in [-0.4, -0.2) is 53.3 Å². The van der Waals surface area contributed by atoms with Gasteiger partial charge in [0.1, 0.15) is 23.0 Å². The summed E-state index contributed by atoms with van der Waals surface area (Å²) < 4.78 is 18.4. The summed E-state index contributed by atoms with van der Waals surface area (Å²) in [6.07, 6.45) is 1.29. The molecule has 0 aromatic heterocycles. The molecule has 1 aromatic carbocycles. The maximum atomic E-state index is 13.1. The predicted octanol–water partition coefficient (Wildman–Crippen LogP) is 4.37. The Morgan fingerprint density at radius 2 is 2.00 bits per heavy atom. The first kappa shape index (κ1) is 23.9. The number of likely N-dealkylation sites (tertiary alicyclic amines) is 1. The molecule has 33 heavy (non-hydrogen) atoms. The lowest BCUT2D eigenvalue weighted by atomic mass is 9.70.